The van der Waals surface area contributed by atoms with Gasteiger partial charge in [0.05, 0.1) is 11.6 Å². The van der Waals surface area contributed by atoms with Gasteiger partial charge in [0.1, 0.15) is 5.60 Å². The highest BCUT2D eigenvalue weighted by molar-refractivity contribution is 9.10. The van der Waals surface area contributed by atoms with Crippen LogP contribution in [0.25, 0.3) is 0 Å². The third-order valence-electron chi connectivity index (χ3n) is 4.71. The van der Waals surface area contributed by atoms with E-state index in [4.69, 9.17) is 4.74 Å². The Kier molecular flexibility index (Phi) is 6.17. The third-order valence-corrected chi connectivity index (χ3v) is 5.20. The fraction of sp³-hybridized carbons (Fsp3) is 0.500. The minimum absolute atomic E-state index is 0.0974. The van der Waals surface area contributed by atoms with Gasteiger partial charge in [0, 0.05) is 16.5 Å². The minimum atomic E-state index is -0.614. The Labute approximate surface area is 180 Å². The number of hydrogen-bond donors (Lipinski definition) is 1. The fourth-order valence-electron chi connectivity index (χ4n) is 3.32. The van der Waals surface area contributed by atoms with Gasteiger partial charge < -0.3 is 10.1 Å². The summed E-state index contributed by atoms with van der Waals surface area (Å²) < 4.78 is 7.70. The van der Waals surface area contributed by atoms with E-state index in [1.807, 2.05) is 58.9 Å². The van der Waals surface area contributed by atoms with Crippen LogP contribution in [0.2, 0.25) is 0 Å². The van der Waals surface area contributed by atoms with E-state index >= 15 is 0 Å². The maximum Gasteiger partial charge on any atom is 0.435 e. The average Bonchev–Trinajstić information content (AvgIpc) is 3.34. The first kappa shape index (κ1) is 21.6. The first-order valence-electron chi connectivity index (χ1n) is 9.95. The molecule has 0 saturated heterocycles. The largest absolute Gasteiger partial charge is 0.442 e. The maximum atomic E-state index is 13.1. The maximum absolute atomic E-state index is 13.1. The molecule has 1 aliphatic rings. The molecule has 1 unspecified atom stereocenters. The Hall–Kier alpha value is -2.15. The highest BCUT2D eigenvalue weighted by Gasteiger charge is 2.33. The van der Waals surface area contributed by atoms with Crippen LogP contribution in [0, 0.1) is 5.92 Å². The van der Waals surface area contributed by atoms with Crippen LogP contribution < -0.4 is 5.32 Å². The molecule has 1 fully saturated rings. The number of ether oxygens (including phenoxy) is 1. The molecule has 1 aliphatic carbocycles. The molecule has 1 aromatic heterocycles. The molecule has 3 rings (SSSR count). The summed E-state index contributed by atoms with van der Waals surface area (Å²) in [5.74, 6) is 0.285. The van der Waals surface area contributed by atoms with Crippen LogP contribution in [0.15, 0.2) is 34.8 Å². The SMILES string of the molecule is CC(C)C(C(=O)Nc1cc(C2CC2)n(C(=O)OC(C)(C)C)n1)c1cccc(Br)c1. The molecule has 1 aromatic carbocycles. The van der Waals surface area contributed by atoms with Crippen molar-refractivity contribution in [2.24, 2.45) is 5.92 Å². The second-order valence-electron chi connectivity index (χ2n) is 8.89. The Balaban J connectivity index is 1.84. The highest BCUT2D eigenvalue weighted by Crippen LogP contribution is 2.41. The van der Waals surface area contributed by atoms with Crippen molar-refractivity contribution in [2.45, 2.75) is 64.9 Å². The van der Waals surface area contributed by atoms with Gasteiger partial charge in [-0.1, -0.05) is 41.9 Å². The zero-order valence-electron chi connectivity index (χ0n) is 17.5. The summed E-state index contributed by atoms with van der Waals surface area (Å²) in [4.78, 5) is 25.7. The summed E-state index contributed by atoms with van der Waals surface area (Å²) in [6.07, 6.45) is 1.50. The van der Waals surface area contributed by atoms with E-state index in [9.17, 15) is 9.59 Å². The van der Waals surface area contributed by atoms with Crippen molar-refractivity contribution in [2.75, 3.05) is 5.32 Å². The summed E-state index contributed by atoms with van der Waals surface area (Å²) in [6, 6.07) is 9.55. The molecule has 1 amide bonds. The number of carbonyl (C=O) groups excluding carboxylic acids is 2. The lowest BCUT2D eigenvalue weighted by molar-refractivity contribution is -0.118. The number of carbonyl (C=O) groups is 2. The third kappa shape index (κ3) is 5.47. The standard InChI is InChI=1S/C22H28BrN3O3/c1-13(2)19(15-7-6-8-16(23)11-15)20(27)24-18-12-17(14-9-10-14)26(25-18)21(28)29-22(3,4)5/h6-8,11-14,19H,9-10H2,1-5H3,(H,24,25,27). The van der Waals surface area contributed by atoms with Crippen LogP contribution in [0.5, 0.6) is 0 Å². The fourth-order valence-corrected chi connectivity index (χ4v) is 3.74. The van der Waals surface area contributed by atoms with Gasteiger partial charge in [0.15, 0.2) is 5.82 Å². The molecule has 1 saturated carbocycles. The van der Waals surface area contributed by atoms with Gasteiger partial charge in [-0.05, 0) is 57.2 Å². The summed E-state index contributed by atoms with van der Waals surface area (Å²) in [5.41, 5.74) is 1.11. The van der Waals surface area contributed by atoms with E-state index in [1.165, 1.54) is 4.68 Å². The number of aromatic nitrogens is 2. The smallest absolute Gasteiger partial charge is 0.435 e. The summed E-state index contributed by atoms with van der Waals surface area (Å²) >= 11 is 3.47. The van der Waals surface area contributed by atoms with E-state index in [1.54, 1.807) is 6.07 Å². The van der Waals surface area contributed by atoms with Crippen LogP contribution in [0.1, 0.15) is 70.6 Å². The van der Waals surface area contributed by atoms with Crippen molar-refractivity contribution in [3.63, 3.8) is 0 Å². The molecule has 6 nitrogen and oxygen atoms in total. The normalized spacial score (nSPS) is 15.3. The van der Waals surface area contributed by atoms with E-state index < -0.39 is 11.7 Å². The Morgan fingerprint density at radius 1 is 1.24 bits per heavy atom. The van der Waals surface area contributed by atoms with Crippen molar-refractivity contribution >= 4 is 33.7 Å². The molecule has 1 atom stereocenters. The zero-order valence-corrected chi connectivity index (χ0v) is 19.1. The molecule has 29 heavy (non-hydrogen) atoms. The molecule has 7 heteroatoms. The van der Waals surface area contributed by atoms with Gasteiger partial charge in [-0.25, -0.2) is 4.79 Å². The minimum Gasteiger partial charge on any atom is -0.442 e. The second kappa shape index (κ2) is 8.30. The Bertz CT molecular complexity index is 910. The molecule has 0 radical (unpaired) electrons. The Morgan fingerprint density at radius 2 is 1.93 bits per heavy atom. The number of halogens is 1. The van der Waals surface area contributed by atoms with Crippen molar-refractivity contribution < 1.29 is 14.3 Å². The number of benzene rings is 1. The monoisotopic (exact) mass is 461 g/mol. The zero-order chi connectivity index (χ0) is 21.3. The van der Waals surface area contributed by atoms with E-state index in [0.29, 0.717) is 5.82 Å². The number of hydrogen-bond acceptors (Lipinski definition) is 4. The van der Waals surface area contributed by atoms with Crippen molar-refractivity contribution in [1.29, 1.82) is 0 Å². The lowest BCUT2D eigenvalue weighted by Gasteiger charge is -2.20. The van der Waals surface area contributed by atoms with Gasteiger partial charge in [-0.2, -0.15) is 4.68 Å². The van der Waals surface area contributed by atoms with Crippen molar-refractivity contribution in [3.05, 3.63) is 46.1 Å². The molecule has 156 valence electrons. The van der Waals surface area contributed by atoms with E-state index in [-0.39, 0.29) is 23.7 Å². The lowest BCUT2D eigenvalue weighted by Crippen LogP contribution is -2.29. The predicted octanol–water partition coefficient (Wildman–Crippen LogP) is 5.68. The molecule has 0 spiro atoms. The molecule has 0 bridgehead atoms. The van der Waals surface area contributed by atoms with Gasteiger partial charge in [0.25, 0.3) is 0 Å². The summed E-state index contributed by atoms with van der Waals surface area (Å²) in [7, 11) is 0. The van der Waals surface area contributed by atoms with Crippen LogP contribution in [-0.4, -0.2) is 27.4 Å². The van der Waals surface area contributed by atoms with Gasteiger partial charge in [-0.15, -0.1) is 5.10 Å². The van der Waals surface area contributed by atoms with Crippen LogP contribution in [0.3, 0.4) is 0 Å². The molecule has 0 aliphatic heterocycles. The Morgan fingerprint density at radius 3 is 2.48 bits per heavy atom. The first-order chi connectivity index (χ1) is 13.5. The molecule has 1 heterocycles. The molecule has 1 N–H and O–H groups in total. The number of amides is 1. The average molecular weight is 462 g/mol. The predicted molar refractivity (Wildman–Crippen MR) is 116 cm³/mol. The molecular formula is C22H28BrN3O3. The molecule has 2 aromatic rings. The van der Waals surface area contributed by atoms with Crippen molar-refractivity contribution in [1.82, 2.24) is 9.78 Å². The molecular weight excluding hydrogens is 434 g/mol. The van der Waals surface area contributed by atoms with Gasteiger partial charge >= 0.3 is 6.09 Å². The number of rotatable bonds is 5. The number of nitrogens with one attached hydrogen (secondary N) is 1. The number of anilines is 1. The van der Waals surface area contributed by atoms with E-state index in [0.717, 1.165) is 28.6 Å². The topological polar surface area (TPSA) is 73.2 Å². The quantitative estimate of drug-likeness (QED) is 0.620. The lowest BCUT2D eigenvalue weighted by atomic mass is 9.87. The summed E-state index contributed by atoms with van der Waals surface area (Å²) in [5, 5.41) is 7.26. The van der Waals surface area contributed by atoms with Crippen LogP contribution >= 0.6 is 15.9 Å². The summed E-state index contributed by atoms with van der Waals surface area (Å²) in [6.45, 7) is 9.48. The van der Waals surface area contributed by atoms with Crippen LogP contribution in [0.4, 0.5) is 10.6 Å². The number of nitrogens with zero attached hydrogens (tertiary/aromatic N) is 2. The second-order valence-corrected chi connectivity index (χ2v) is 9.80. The van der Waals surface area contributed by atoms with Crippen LogP contribution in [-0.2, 0) is 9.53 Å². The first-order valence-corrected chi connectivity index (χ1v) is 10.7. The van der Waals surface area contributed by atoms with Gasteiger partial charge in [0.2, 0.25) is 5.91 Å². The van der Waals surface area contributed by atoms with E-state index in [2.05, 4.69) is 26.3 Å². The van der Waals surface area contributed by atoms with Crippen molar-refractivity contribution in [3.8, 4) is 0 Å². The highest BCUT2D eigenvalue weighted by atomic mass is 79.9. The van der Waals surface area contributed by atoms with Gasteiger partial charge in [-0.3, -0.25) is 4.79 Å².